The highest BCUT2D eigenvalue weighted by Gasteiger charge is 2.17. The Morgan fingerprint density at radius 3 is 2.93 bits per heavy atom. The lowest BCUT2D eigenvalue weighted by Crippen LogP contribution is -2.07. The molecule has 3 nitrogen and oxygen atoms in total. The SMILES string of the molecule is C=NCc1cc(-c2ncc(-c3cccc4c3CCC4)s2)ccc1OC(C)C. The summed E-state index contributed by atoms with van der Waals surface area (Å²) in [6.45, 7) is 8.24. The summed E-state index contributed by atoms with van der Waals surface area (Å²) in [4.78, 5) is 10.0. The third-order valence-corrected chi connectivity index (χ3v) is 5.95. The van der Waals surface area contributed by atoms with E-state index in [1.807, 2.05) is 26.1 Å². The summed E-state index contributed by atoms with van der Waals surface area (Å²) in [5, 5.41) is 1.03. The quantitative estimate of drug-likeness (QED) is 0.498. The average Bonchev–Trinajstić information content (AvgIpc) is 3.32. The summed E-state index contributed by atoms with van der Waals surface area (Å²) in [5.41, 5.74) is 6.51. The predicted octanol–water partition coefficient (Wildman–Crippen LogP) is 5.95. The summed E-state index contributed by atoms with van der Waals surface area (Å²) in [7, 11) is 0. The van der Waals surface area contributed by atoms with Crippen LogP contribution in [0.2, 0.25) is 0 Å². The van der Waals surface area contributed by atoms with Gasteiger partial charge >= 0.3 is 0 Å². The third-order valence-electron chi connectivity index (χ3n) is 4.87. The van der Waals surface area contributed by atoms with Crippen LogP contribution in [0.5, 0.6) is 5.75 Å². The number of benzene rings is 2. The van der Waals surface area contributed by atoms with Crippen LogP contribution >= 0.6 is 11.3 Å². The van der Waals surface area contributed by atoms with Gasteiger partial charge in [-0.2, -0.15) is 0 Å². The Labute approximate surface area is 164 Å². The summed E-state index contributed by atoms with van der Waals surface area (Å²) in [6, 6.07) is 12.9. The monoisotopic (exact) mass is 376 g/mol. The van der Waals surface area contributed by atoms with Crippen LogP contribution in [0, 0.1) is 0 Å². The fourth-order valence-electron chi connectivity index (χ4n) is 3.71. The molecular formula is C23H24N2OS. The first-order valence-electron chi connectivity index (χ1n) is 9.45. The van der Waals surface area contributed by atoms with E-state index in [0.29, 0.717) is 6.54 Å². The summed E-state index contributed by atoms with van der Waals surface area (Å²) >= 11 is 1.75. The van der Waals surface area contributed by atoms with Crippen LogP contribution < -0.4 is 4.74 Å². The first-order valence-corrected chi connectivity index (χ1v) is 10.3. The lowest BCUT2D eigenvalue weighted by Gasteiger charge is -2.14. The van der Waals surface area contributed by atoms with Crippen LogP contribution in [0.1, 0.15) is 37.0 Å². The number of thiazole rings is 1. The van der Waals surface area contributed by atoms with E-state index in [2.05, 4.69) is 42.0 Å². The standard InChI is InChI=1S/C23H24N2OS/c1-15(2)26-21-11-10-17(12-18(21)13-24-3)23-25-14-22(27-23)20-9-5-7-16-6-4-8-19(16)20/h5,7,9-12,14-15H,3-4,6,8,13H2,1-2H3. The number of aliphatic imine (C=N–C) groups is 1. The number of ether oxygens (including phenoxy) is 1. The Hall–Kier alpha value is -2.46. The molecule has 0 saturated carbocycles. The molecule has 0 aliphatic heterocycles. The normalized spacial score (nSPS) is 13.0. The third kappa shape index (κ3) is 3.67. The van der Waals surface area contributed by atoms with Crippen molar-refractivity contribution in [3.63, 3.8) is 0 Å². The van der Waals surface area contributed by atoms with Crippen molar-refractivity contribution in [3.05, 3.63) is 59.3 Å². The van der Waals surface area contributed by atoms with Crippen LogP contribution in [-0.4, -0.2) is 17.8 Å². The molecule has 4 rings (SSSR count). The number of hydrogen-bond donors (Lipinski definition) is 0. The van der Waals surface area contributed by atoms with Gasteiger partial charge in [-0.05, 0) is 74.7 Å². The number of nitrogens with zero attached hydrogens (tertiary/aromatic N) is 2. The molecule has 0 fully saturated rings. The number of hydrogen-bond acceptors (Lipinski definition) is 4. The van der Waals surface area contributed by atoms with E-state index in [4.69, 9.17) is 9.72 Å². The lowest BCUT2D eigenvalue weighted by molar-refractivity contribution is 0.240. The van der Waals surface area contributed by atoms with Crippen LogP contribution in [0.4, 0.5) is 0 Å². The van der Waals surface area contributed by atoms with Gasteiger partial charge in [0.05, 0.1) is 17.5 Å². The molecule has 4 heteroatoms. The topological polar surface area (TPSA) is 34.5 Å². The minimum Gasteiger partial charge on any atom is -0.491 e. The van der Waals surface area contributed by atoms with E-state index < -0.39 is 0 Å². The minimum atomic E-state index is 0.131. The van der Waals surface area contributed by atoms with Gasteiger partial charge < -0.3 is 4.74 Å². The lowest BCUT2D eigenvalue weighted by atomic mass is 10.0. The first kappa shape index (κ1) is 17.9. The maximum Gasteiger partial charge on any atom is 0.124 e. The molecule has 138 valence electrons. The molecule has 1 heterocycles. The number of aryl methyl sites for hydroxylation is 1. The van der Waals surface area contributed by atoms with Crippen molar-refractivity contribution in [2.24, 2.45) is 4.99 Å². The van der Waals surface area contributed by atoms with Gasteiger partial charge in [-0.15, -0.1) is 11.3 Å². The van der Waals surface area contributed by atoms with Gasteiger partial charge in [0.2, 0.25) is 0 Å². The molecule has 1 aliphatic rings. The van der Waals surface area contributed by atoms with E-state index in [9.17, 15) is 0 Å². The maximum atomic E-state index is 5.91. The van der Waals surface area contributed by atoms with Gasteiger partial charge in [0, 0.05) is 17.3 Å². The van der Waals surface area contributed by atoms with Gasteiger partial charge in [-0.3, -0.25) is 4.99 Å². The summed E-state index contributed by atoms with van der Waals surface area (Å²) in [5.74, 6) is 0.874. The molecule has 0 bridgehead atoms. The highest BCUT2D eigenvalue weighted by molar-refractivity contribution is 7.18. The van der Waals surface area contributed by atoms with Crippen molar-refractivity contribution >= 4 is 18.1 Å². The molecule has 0 N–H and O–H groups in total. The zero-order valence-electron chi connectivity index (χ0n) is 15.9. The minimum absolute atomic E-state index is 0.131. The van der Waals surface area contributed by atoms with Crippen LogP contribution in [0.25, 0.3) is 21.0 Å². The molecule has 1 aromatic heterocycles. The van der Waals surface area contributed by atoms with E-state index in [1.54, 1.807) is 11.3 Å². The number of aromatic nitrogens is 1. The molecular weight excluding hydrogens is 352 g/mol. The second-order valence-corrected chi connectivity index (χ2v) is 8.23. The predicted molar refractivity (Wildman–Crippen MR) is 114 cm³/mol. The van der Waals surface area contributed by atoms with E-state index in [1.165, 1.54) is 40.8 Å². The molecule has 0 atom stereocenters. The van der Waals surface area contributed by atoms with Crippen LogP contribution in [-0.2, 0) is 19.4 Å². The van der Waals surface area contributed by atoms with Gasteiger partial charge in [-0.25, -0.2) is 4.98 Å². The average molecular weight is 377 g/mol. The Balaban J connectivity index is 1.68. The van der Waals surface area contributed by atoms with Crippen molar-refractivity contribution in [3.8, 4) is 26.8 Å². The fraction of sp³-hybridized carbons (Fsp3) is 0.304. The Kier molecular flexibility index (Phi) is 5.08. The van der Waals surface area contributed by atoms with Gasteiger partial charge in [0.15, 0.2) is 0 Å². The fourth-order valence-corrected chi connectivity index (χ4v) is 4.67. The molecule has 0 amide bonds. The zero-order valence-corrected chi connectivity index (χ0v) is 16.7. The zero-order chi connectivity index (χ0) is 18.8. The molecule has 1 aliphatic carbocycles. The Morgan fingerprint density at radius 1 is 1.22 bits per heavy atom. The Morgan fingerprint density at radius 2 is 2.11 bits per heavy atom. The van der Waals surface area contributed by atoms with Crippen molar-refractivity contribution < 1.29 is 4.74 Å². The van der Waals surface area contributed by atoms with Crippen molar-refractivity contribution in [1.29, 1.82) is 0 Å². The number of fused-ring (bicyclic) bond motifs is 1. The van der Waals surface area contributed by atoms with Crippen molar-refractivity contribution in [1.82, 2.24) is 4.98 Å². The molecule has 27 heavy (non-hydrogen) atoms. The second-order valence-electron chi connectivity index (χ2n) is 7.20. The summed E-state index contributed by atoms with van der Waals surface area (Å²) < 4.78 is 5.91. The van der Waals surface area contributed by atoms with Gasteiger partial charge in [0.1, 0.15) is 10.8 Å². The smallest absolute Gasteiger partial charge is 0.124 e. The molecule has 2 aromatic carbocycles. The molecule has 0 radical (unpaired) electrons. The molecule has 0 unspecified atom stereocenters. The van der Waals surface area contributed by atoms with Gasteiger partial charge in [-0.1, -0.05) is 18.2 Å². The van der Waals surface area contributed by atoms with Crippen LogP contribution in [0.15, 0.2) is 47.6 Å². The molecule has 0 saturated heterocycles. The molecule has 0 spiro atoms. The van der Waals surface area contributed by atoms with E-state index in [-0.39, 0.29) is 6.10 Å². The van der Waals surface area contributed by atoms with E-state index in [0.717, 1.165) is 21.9 Å². The molecule has 3 aromatic rings. The Bertz CT molecular complexity index is 974. The first-order chi connectivity index (χ1) is 13.2. The maximum absolute atomic E-state index is 5.91. The largest absolute Gasteiger partial charge is 0.491 e. The second kappa shape index (κ2) is 7.65. The highest BCUT2D eigenvalue weighted by Crippen LogP contribution is 2.38. The highest BCUT2D eigenvalue weighted by atomic mass is 32.1. The van der Waals surface area contributed by atoms with Gasteiger partial charge in [0.25, 0.3) is 0 Å². The van der Waals surface area contributed by atoms with Crippen molar-refractivity contribution in [2.75, 3.05) is 0 Å². The van der Waals surface area contributed by atoms with Crippen LogP contribution in [0.3, 0.4) is 0 Å². The summed E-state index contributed by atoms with van der Waals surface area (Å²) in [6.07, 6.45) is 5.77. The van der Waals surface area contributed by atoms with E-state index >= 15 is 0 Å². The van der Waals surface area contributed by atoms with Crippen molar-refractivity contribution in [2.45, 2.75) is 45.8 Å². The number of rotatable bonds is 6.